The summed E-state index contributed by atoms with van der Waals surface area (Å²) in [6.45, 7) is 0. The van der Waals surface area contributed by atoms with Crippen LogP contribution < -0.4 is 21.3 Å². The number of amidine groups is 1. The predicted molar refractivity (Wildman–Crippen MR) is 97.8 cm³/mol. The van der Waals surface area contributed by atoms with E-state index in [1.54, 1.807) is 7.05 Å². The SMILES string of the molecule is CN=C(N)c1c(Nc2ccc(Oc3ccccc3)cc2)s[nH]c1=O. The van der Waals surface area contributed by atoms with Crippen LogP contribution in [0.25, 0.3) is 0 Å². The predicted octanol–water partition coefficient (Wildman–Crippen LogP) is 3.31. The van der Waals surface area contributed by atoms with Gasteiger partial charge in [0.05, 0.1) is 0 Å². The smallest absolute Gasteiger partial charge is 0.271 e. The van der Waals surface area contributed by atoms with E-state index in [-0.39, 0.29) is 11.4 Å². The minimum absolute atomic E-state index is 0.198. The van der Waals surface area contributed by atoms with Crippen LogP contribution in [0.4, 0.5) is 10.7 Å². The van der Waals surface area contributed by atoms with Gasteiger partial charge in [0.25, 0.3) is 5.56 Å². The summed E-state index contributed by atoms with van der Waals surface area (Å²) in [7, 11) is 1.55. The molecule has 4 N–H and O–H groups in total. The fourth-order valence-corrected chi connectivity index (χ4v) is 2.86. The van der Waals surface area contributed by atoms with Crippen molar-refractivity contribution in [3.8, 4) is 11.5 Å². The molecule has 1 heterocycles. The molecule has 6 nitrogen and oxygen atoms in total. The molecule has 0 aliphatic heterocycles. The lowest BCUT2D eigenvalue weighted by atomic mass is 10.2. The van der Waals surface area contributed by atoms with Gasteiger partial charge in [-0.3, -0.25) is 14.2 Å². The molecule has 24 heavy (non-hydrogen) atoms. The maximum absolute atomic E-state index is 11.8. The van der Waals surface area contributed by atoms with Gasteiger partial charge in [0.2, 0.25) is 0 Å². The van der Waals surface area contributed by atoms with Crippen molar-refractivity contribution in [2.75, 3.05) is 12.4 Å². The molecule has 3 rings (SSSR count). The minimum Gasteiger partial charge on any atom is -0.457 e. The van der Waals surface area contributed by atoms with Crippen molar-refractivity contribution in [1.29, 1.82) is 0 Å². The number of para-hydroxylation sites is 1. The lowest BCUT2D eigenvalue weighted by Crippen LogP contribution is -2.21. The number of nitrogens with two attached hydrogens (primary N) is 1. The summed E-state index contributed by atoms with van der Waals surface area (Å²) in [5, 5.41) is 3.80. The second-order valence-electron chi connectivity index (χ2n) is 4.91. The number of aromatic amines is 1. The topological polar surface area (TPSA) is 92.5 Å². The van der Waals surface area contributed by atoms with Crippen molar-refractivity contribution in [1.82, 2.24) is 4.37 Å². The highest BCUT2D eigenvalue weighted by molar-refractivity contribution is 7.10. The van der Waals surface area contributed by atoms with Crippen LogP contribution in [0.2, 0.25) is 0 Å². The molecule has 0 aliphatic rings. The molecule has 0 saturated carbocycles. The number of benzene rings is 2. The Balaban J connectivity index is 1.77. The van der Waals surface area contributed by atoms with Crippen LogP contribution in [0.3, 0.4) is 0 Å². The largest absolute Gasteiger partial charge is 0.457 e. The van der Waals surface area contributed by atoms with Crippen LogP contribution in [0.5, 0.6) is 11.5 Å². The minimum atomic E-state index is -0.255. The molecule has 0 radical (unpaired) electrons. The molecule has 0 unspecified atom stereocenters. The Labute approximate surface area is 142 Å². The molecule has 0 fully saturated rings. The van der Waals surface area contributed by atoms with E-state index in [1.165, 1.54) is 11.5 Å². The van der Waals surface area contributed by atoms with Crippen molar-refractivity contribution in [2.24, 2.45) is 10.7 Å². The summed E-state index contributed by atoms with van der Waals surface area (Å²) in [6, 6.07) is 17.0. The summed E-state index contributed by atoms with van der Waals surface area (Å²) in [5.41, 5.74) is 6.70. The van der Waals surface area contributed by atoms with Crippen LogP contribution in [0.1, 0.15) is 5.56 Å². The third kappa shape index (κ3) is 3.47. The van der Waals surface area contributed by atoms with Gasteiger partial charge in [-0.15, -0.1) is 0 Å². The van der Waals surface area contributed by atoms with E-state index in [9.17, 15) is 4.79 Å². The molecule has 7 heteroatoms. The number of hydrogen-bond acceptors (Lipinski definition) is 5. The van der Waals surface area contributed by atoms with Gasteiger partial charge in [-0.25, -0.2) is 0 Å². The molecular formula is C17H16N4O2S. The molecule has 0 aliphatic carbocycles. The fourth-order valence-electron chi connectivity index (χ4n) is 2.10. The Hall–Kier alpha value is -3.06. The van der Waals surface area contributed by atoms with Gasteiger partial charge < -0.3 is 15.8 Å². The Morgan fingerprint density at radius 2 is 1.79 bits per heavy atom. The first kappa shape index (κ1) is 15.8. The van der Waals surface area contributed by atoms with Gasteiger partial charge in [-0.2, -0.15) is 0 Å². The molecule has 0 saturated heterocycles. The summed E-state index contributed by atoms with van der Waals surface area (Å²) in [4.78, 5) is 15.7. The van der Waals surface area contributed by atoms with Crippen molar-refractivity contribution in [2.45, 2.75) is 0 Å². The van der Waals surface area contributed by atoms with E-state index >= 15 is 0 Å². The average Bonchev–Trinajstić information content (AvgIpc) is 2.97. The lowest BCUT2D eigenvalue weighted by molar-refractivity contribution is 0.483. The van der Waals surface area contributed by atoms with Crippen LogP contribution in [0.15, 0.2) is 64.4 Å². The fraction of sp³-hybridized carbons (Fsp3) is 0.0588. The Morgan fingerprint density at radius 3 is 2.46 bits per heavy atom. The third-order valence-electron chi connectivity index (χ3n) is 3.29. The highest BCUT2D eigenvalue weighted by atomic mass is 32.1. The van der Waals surface area contributed by atoms with Gasteiger partial charge in [-0.05, 0) is 47.9 Å². The molecule has 0 atom stereocenters. The molecule has 1 aromatic heterocycles. The zero-order chi connectivity index (χ0) is 16.9. The maximum atomic E-state index is 11.8. The van der Waals surface area contributed by atoms with Gasteiger partial charge in [0.1, 0.15) is 27.9 Å². The molecular weight excluding hydrogens is 324 g/mol. The lowest BCUT2D eigenvalue weighted by Gasteiger charge is -2.08. The molecule has 0 amide bonds. The number of aromatic nitrogens is 1. The highest BCUT2D eigenvalue weighted by Gasteiger charge is 2.14. The van der Waals surface area contributed by atoms with Crippen molar-refractivity contribution in [3.05, 3.63) is 70.5 Å². The normalized spacial score (nSPS) is 11.3. The van der Waals surface area contributed by atoms with Crippen molar-refractivity contribution in [3.63, 3.8) is 0 Å². The Kier molecular flexibility index (Phi) is 4.62. The first-order chi connectivity index (χ1) is 11.7. The van der Waals surface area contributed by atoms with Crippen LogP contribution in [-0.2, 0) is 0 Å². The van der Waals surface area contributed by atoms with Crippen molar-refractivity contribution >= 4 is 28.1 Å². The molecule has 122 valence electrons. The monoisotopic (exact) mass is 340 g/mol. The van der Waals surface area contributed by atoms with Crippen LogP contribution in [-0.4, -0.2) is 17.3 Å². The zero-order valence-corrected chi connectivity index (χ0v) is 13.8. The number of nitrogens with zero attached hydrogens (tertiary/aromatic N) is 1. The molecule has 2 aromatic carbocycles. The summed E-state index contributed by atoms with van der Waals surface area (Å²) in [5.74, 6) is 1.70. The van der Waals surface area contributed by atoms with E-state index in [1.807, 2.05) is 54.6 Å². The standard InChI is InChI=1S/C17H16N4O2S/c1-19-15(18)14-16(22)21-24-17(14)20-11-7-9-13(10-8-11)23-12-5-3-2-4-6-12/h2-10,20H,1H3,(H2,18,19)(H,21,22). The highest BCUT2D eigenvalue weighted by Crippen LogP contribution is 2.26. The summed E-state index contributed by atoms with van der Waals surface area (Å²) >= 11 is 1.18. The number of ether oxygens (including phenoxy) is 1. The number of anilines is 2. The average molecular weight is 340 g/mol. The first-order valence-corrected chi connectivity index (χ1v) is 8.03. The second kappa shape index (κ2) is 7.01. The van der Waals surface area contributed by atoms with E-state index in [0.29, 0.717) is 10.6 Å². The zero-order valence-electron chi connectivity index (χ0n) is 12.9. The van der Waals surface area contributed by atoms with Gasteiger partial charge in [0, 0.05) is 12.7 Å². The van der Waals surface area contributed by atoms with E-state index in [4.69, 9.17) is 10.5 Å². The number of nitrogens with one attached hydrogen (secondary N) is 2. The maximum Gasteiger partial charge on any atom is 0.271 e. The second-order valence-corrected chi connectivity index (χ2v) is 5.73. The van der Waals surface area contributed by atoms with Crippen LogP contribution >= 0.6 is 11.5 Å². The Morgan fingerprint density at radius 1 is 1.12 bits per heavy atom. The van der Waals surface area contributed by atoms with Gasteiger partial charge in [0.15, 0.2) is 0 Å². The third-order valence-corrected chi connectivity index (χ3v) is 4.09. The summed E-state index contributed by atoms with van der Waals surface area (Å²) in [6.07, 6.45) is 0. The van der Waals surface area contributed by atoms with E-state index in [0.717, 1.165) is 17.2 Å². The van der Waals surface area contributed by atoms with Crippen molar-refractivity contribution < 1.29 is 4.74 Å². The first-order valence-electron chi connectivity index (χ1n) is 7.21. The van der Waals surface area contributed by atoms with E-state index < -0.39 is 0 Å². The van der Waals surface area contributed by atoms with E-state index in [2.05, 4.69) is 14.7 Å². The summed E-state index contributed by atoms with van der Waals surface area (Å²) < 4.78 is 8.40. The molecule has 3 aromatic rings. The molecule has 0 spiro atoms. The number of hydrogen-bond donors (Lipinski definition) is 3. The number of rotatable bonds is 5. The van der Waals surface area contributed by atoms with Gasteiger partial charge in [-0.1, -0.05) is 18.2 Å². The Bertz CT molecular complexity index is 898. The van der Waals surface area contributed by atoms with Crippen LogP contribution in [0, 0.1) is 0 Å². The van der Waals surface area contributed by atoms with Gasteiger partial charge >= 0.3 is 0 Å². The number of aliphatic imine (C=N–C) groups is 1. The quantitative estimate of drug-likeness (QED) is 0.491. The molecule has 0 bridgehead atoms. The number of H-pyrrole nitrogens is 1.